The van der Waals surface area contributed by atoms with Crippen LogP contribution in [0.4, 0.5) is 0 Å². The fourth-order valence-electron chi connectivity index (χ4n) is 2.01. The lowest BCUT2D eigenvalue weighted by atomic mass is 10.2. The van der Waals surface area contributed by atoms with Gasteiger partial charge in [0.25, 0.3) is 0 Å². The molecule has 0 aliphatic heterocycles. The Kier molecular flexibility index (Phi) is 7.13. The van der Waals surface area contributed by atoms with Crippen LogP contribution in [0.15, 0.2) is 34.0 Å². The lowest BCUT2D eigenvalue weighted by Crippen LogP contribution is -2.39. The van der Waals surface area contributed by atoms with Crippen molar-refractivity contribution in [1.82, 2.24) is 15.6 Å². The zero-order valence-corrected chi connectivity index (χ0v) is 14.9. The van der Waals surface area contributed by atoms with Crippen molar-refractivity contribution in [2.45, 2.75) is 33.6 Å². The maximum absolute atomic E-state index is 5.35. The molecule has 0 unspecified atom stereocenters. The molecule has 0 aromatic carbocycles. The molecule has 0 atom stereocenters. The summed E-state index contributed by atoms with van der Waals surface area (Å²) in [6.07, 6.45) is 5.40. The summed E-state index contributed by atoms with van der Waals surface area (Å²) < 4.78 is 5.35. The summed E-state index contributed by atoms with van der Waals surface area (Å²) in [6, 6.07) is 3.90. The first-order chi connectivity index (χ1) is 11.1. The fraction of sp³-hybridized carbons (Fsp3) is 0.529. The molecule has 2 aromatic heterocycles. The Morgan fingerprint density at radius 3 is 2.70 bits per heavy atom. The van der Waals surface area contributed by atoms with Crippen LogP contribution in [0.5, 0.6) is 0 Å². The summed E-state index contributed by atoms with van der Waals surface area (Å²) in [5, 5.41) is 7.92. The number of hydrogen-bond donors (Lipinski definition) is 2. The highest BCUT2D eigenvalue weighted by Crippen LogP contribution is 2.10. The third-order valence-electron chi connectivity index (χ3n) is 3.16. The van der Waals surface area contributed by atoms with E-state index in [1.165, 1.54) is 4.88 Å². The Morgan fingerprint density at radius 2 is 2.09 bits per heavy atom. The first-order valence-corrected chi connectivity index (χ1v) is 8.91. The molecular formula is C17H26N4OS. The van der Waals surface area contributed by atoms with Crippen molar-refractivity contribution in [2.24, 2.45) is 10.9 Å². The highest BCUT2D eigenvalue weighted by Gasteiger charge is 2.03. The Hall–Kier alpha value is -1.82. The molecule has 0 saturated carbocycles. The molecule has 126 valence electrons. The number of aryl methyl sites for hydroxylation is 1. The molecule has 2 rings (SSSR count). The zero-order valence-electron chi connectivity index (χ0n) is 14.1. The summed E-state index contributed by atoms with van der Waals surface area (Å²) in [6.45, 7) is 8.86. The number of thiazole rings is 1. The van der Waals surface area contributed by atoms with Crippen LogP contribution < -0.4 is 10.6 Å². The number of aliphatic imine (C=N–C) groups is 1. The molecule has 2 N–H and O–H groups in total. The quantitative estimate of drug-likeness (QED) is 0.575. The third kappa shape index (κ3) is 6.86. The van der Waals surface area contributed by atoms with Gasteiger partial charge >= 0.3 is 0 Å². The van der Waals surface area contributed by atoms with Gasteiger partial charge < -0.3 is 15.1 Å². The smallest absolute Gasteiger partial charge is 0.191 e. The second-order valence-corrected chi connectivity index (χ2v) is 7.20. The Labute approximate surface area is 142 Å². The molecular weight excluding hydrogens is 308 g/mol. The second-order valence-electron chi connectivity index (χ2n) is 5.88. The molecule has 0 spiro atoms. The minimum atomic E-state index is 0.542. The van der Waals surface area contributed by atoms with Crippen LogP contribution in [0.25, 0.3) is 0 Å². The minimum absolute atomic E-state index is 0.542. The van der Waals surface area contributed by atoms with E-state index in [1.54, 1.807) is 17.6 Å². The molecule has 0 fully saturated rings. The van der Waals surface area contributed by atoms with Crippen molar-refractivity contribution in [3.05, 3.63) is 40.2 Å². The van der Waals surface area contributed by atoms with Crippen molar-refractivity contribution in [3.8, 4) is 0 Å². The van der Waals surface area contributed by atoms with Gasteiger partial charge in [0, 0.05) is 43.5 Å². The summed E-state index contributed by atoms with van der Waals surface area (Å²) in [5.74, 6) is 2.39. The van der Waals surface area contributed by atoms with Crippen LogP contribution in [0.2, 0.25) is 0 Å². The van der Waals surface area contributed by atoms with Gasteiger partial charge in [0.05, 0.1) is 11.3 Å². The summed E-state index contributed by atoms with van der Waals surface area (Å²) in [5.41, 5.74) is 0. The lowest BCUT2D eigenvalue weighted by Gasteiger charge is -2.12. The second kappa shape index (κ2) is 9.35. The standard InChI is InChI=1S/C17H26N4OS/c1-13(2)11-21-17(18-8-6-15-5-4-10-22-15)19-9-7-16-20-12-14(3)23-16/h4-5,10,12-13H,6-9,11H2,1-3H3,(H2,18,19,21). The van der Waals surface area contributed by atoms with Gasteiger partial charge in [-0.3, -0.25) is 4.99 Å². The first kappa shape index (κ1) is 17.5. The van der Waals surface area contributed by atoms with Gasteiger partial charge in [0.1, 0.15) is 5.76 Å². The number of aromatic nitrogens is 1. The largest absolute Gasteiger partial charge is 0.469 e. The molecule has 0 radical (unpaired) electrons. The van der Waals surface area contributed by atoms with Crippen LogP contribution >= 0.6 is 11.3 Å². The Morgan fingerprint density at radius 1 is 1.30 bits per heavy atom. The maximum atomic E-state index is 5.35. The maximum Gasteiger partial charge on any atom is 0.191 e. The van der Waals surface area contributed by atoms with Gasteiger partial charge in [-0.1, -0.05) is 13.8 Å². The zero-order chi connectivity index (χ0) is 16.5. The Balaban J connectivity index is 1.77. The van der Waals surface area contributed by atoms with E-state index in [-0.39, 0.29) is 0 Å². The van der Waals surface area contributed by atoms with Gasteiger partial charge in [-0.25, -0.2) is 4.98 Å². The van der Waals surface area contributed by atoms with Crippen molar-refractivity contribution in [3.63, 3.8) is 0 Å². The highest BCUT2D eigenvalue weighted by molar-refractivity contribution is 7.11. The number of hydrogen-bond acceptors (Lipinski definition) is 4. The number of nitrogens with one attached hydrogen (secondary N) is 2. The highest BCUT2D eigenvalue weighted by atomic mass is 32.1. The van der Waals surface area contributed by atoms with E-state index in [0.29, 0.717) is 5.92 Å². The molecule has 0 aliphatic rings. The van der Waals surface area contributed by atoms with Gasteiger partial charge in [0.2, 0.25) is 0 Å². The number of rotatable bonds is 8. The molecule has 23 heavy (non-hydrogen) atoms. The number of nitrogens with zero attached hydrogens (tertiary/aromatic N) is 2. The molecule has 0 aliphatic carbocycles. The van der Waals surface area contributed by atoms with Crippen molar-refractivity contribution in [2.75, 3.05) is 19.6 Å². The van der Waals surface area contributed by atoms with E-state index < -0.39 is 0 Å². The van der Waals surface area contributed by atoms with Crippen molar-refractivity contribution < 1.29 is 4.42 Å². The van der Waals surface area contributed by atoms with Crippen molar-refractivity contribution in [1.29, 1.82) is 0 Å². The molecule has 0 amide bonds. The van der Waals surface area contributed by atoms with E-state index in [2.05, 4.69) is 41.4 Å². The molecule has 0 saturated heterocycles. The van der Waals surface area contributed by atoms with E-state index in [4.69, 9.17) is 4.42 Å². The Bertz CT molecular complexity index is 590. The van der Waals surface area contributed by atoms with Gasteiger partial charge in [-0.05, 0) is 25.0 Å². The van der Waals surface area contributed by atoms with Gasteiger partial charge in [0.15, 0.2) is 5.96 Å². The van der Waals surface area contributed by atoms with Crippen LogP contribution in [0.1, 0.15) is 29.5 Å². The van der Waals surface area contributed by atoms with Crippen molar-refractivity contribution >= 4 is 17.3 Å². The number of guanidine groups is 1. The summed E-state index contributed by atoms with van der Waals surface area (Å²) in [7, 11) is 0. The van der Waals surface area contributed by atoms with Gasteiger partial charge in [-0.2, -0.15) is 0 Å². The topological polar surface area (TPSA) is 62.5 Å². The fourth-order valence-corrected chi connectivity index (χ4v) is 2.80. The summed E-state index contributed by atoms with van der Waals surface area (Å²) in [4.78, 5) is 10.3. The predicted molar refractivity (Wildman–Crippen MR) is 96.1 cm³/mol. The first-order valence-electron chi connectivity index (χ1n) is 8.09. The van der Waals surface area contributed by atoms with Crippen LogP contribution in [0.3, 0.4) is 0 Å². The average molecular weight is 334 g/mol. The molecule has 0 bridgehead atoms. The van der Waals surface area contributed by atoms with E-state index >= 15 is 0 Å². The summed E-state index contributed by atoms with van der Waals surface area (Å²) >= 11 is 1.75. The van der Waals surface area contributed by atoms with E-state index in [0.717, 1.165) is 49.2 Å². The predicted octanol–water partition coefficient (Wildman–Crippen LogP) is 3.02. The minimum Gasteiger partial charge on any atom is -0.469 e. The average Bonchev–Trinajstić information content (AvgIpc) is 3.16. The van der Waals surface area contributed by atoms with Crippen LogP contribution in [-0.2, 0) is 12.8 Å². The van der Waals surface area contributed by atoms with Gasteiger partial charge in [-0.15, -0.1) is 11.3 Å². The lowest BCUT2D eigenvalue weighted by molar-refractivity contribution is 0.506. The van der Waals surface area contributed by atoms with E-state index in [1.807, 2.05) is 18.3 Å². The molecule has 2 aromatic rings. The molecule has 2 heterocycles. The molecule has 5 nitrogen and oxygen atoms in total. The third-order valence-corrected chi connectivity index (χ3v) is 4.13. The SMILES string of the molecule is Cc1cnc(CCNC(=NCC(C)C)NCCc2ccco2)s1. The molecule has 6 heteroatoms. The number of furan rings is 1. The van der Waals surface area contributed by atoms with E-state index in [9.17, 15) is 0 Å². The normalized spacial score (nSPS) is 11.9. The van der Waals surface area contributed by atoms with Crippen LogP contribution in [-0.4, -0.2) is 30.6 Å². The monoisotopic (exact) mass is 334 g/mol. The van der Waals surface area contributed by atoms with Crippen LogP contribution in [0, 0.1) is 12.8 Å².